The van der Waals surface area contributed by atoms with Crippen LogP contribution in [0.2, 0.25) is 0 Å². The molecule has 0 amide bonds. The summed E-state index contributed by atoms with van der Waals surface area (Å²) >= 11 is 1.67. The third-order valence-corrected chi connectivity index (χ3v) is 5.48. The summed E-state index contributed by atoms with van der Waals surface area (Å²) in [7, 11) is 1.80. The molecule has 140 valence electrons. The summed E-state index contributed by atoms with van der Waals surface area (Å²) in [6, 6.07) is 8.60. The first-order valence-electron chi connectivity index (χ1n) is 8.96. The van der Waals surface area contributed by atoms with Crippen LogP contribution in [0, 0.1) is 6.92 Å². The zero-order chi connectivity index (χ0) is 18.2. The van der Waals surface area contributed by atoms with Crippen molar-refractivity contribution < 1.29 is 4.74 Å². The summed E-state index contributed by atoms with van der Waals surface area (Å²) in [6.07, 6.45) is 0. The molecule has 1 fully saturated rings. The van der Waals surface area contributed by atoms with Gasteiger partial charge >= 0.3 is 0 Å². The number of aliphatic imine (C=N–C) groups is 1. The summed E-state index contributed by atoms with van der Waals surface area (Å²) in [5, 5.41) is 6.79. The maximum Gasteiger partial charge on any atom is 0.191 e. The van der Waals surface area contributed by atoms with Crippen LogP contribution in [-0.2, 0) is 24.4 Å². The molecule has 1 aromatic carbocycles. The first-order chi connectivity index (χ1) is 12.8. The number of guanidine groups is 1. The van der Waals surface area contributed by atoms with Gasteiger partial charge in [0.15, 0.2) is 5.96 Å². The van der Waals surface area contributed by atoms with Gasteiger partial charge in [-0.1, -0.05) is 24.3 Å². The van der Waals surface area contributed by atoms with Crippen molar-refractivity contribution in [3.8, 4) is 0 Å². The Bertz CT molecular complexity index is 724. The Labute approximate surface area is 159 Å². The molecule has 2 N–H and O–H groups in total. The molecule has 0 atom stereocenters. The van der Waals surface area contributed by atoms with Crippen LogP contribution in [0.1, 0.15) is 21.7 Å². The molecular formula is C19H27N5OS. The highest BCUT2D eigenvalue weighted by atomic mass is 32.1. The second-order valence-corrected chi connectivity index (χ2v) is 7.24. The van der Waals surface area contributed by atoms with Gasteiger partial charge in [0, 0.05) is 38.1 Å². The standard InChI is InChI=1S/C19H27N5OS/c1-15-18(26-14-23-15)12-22-19(20-2)21-11-16-5-3-4-6-17(16)13-24-7-9-25-10-8-24/h3-6,14H,7-13H2,1-2H3,(H2,20,21,22). The van der Waals surface area contributed by atoms with Crippen molar-refractivity contribution in [1.29, 1.82) is 0 Å². The van der Waals surface area contributed by atoms with Gasteiger partial charge in [0.05, 0.1) is 31.0 Å². The maximum atomic E-state index is 5.45. The lowest BCUT2D eigenvalue weighted by Crippen LogP contribution is -2.37. The van der Waals surface area contributed by atoms with Gasteiger partial charge < -0.3 is 15.4 Å². The first-order valence-corrected chi connectivity index (χ1v) is 9.84. The van der Waals surface area contributed by atoms with Crippen LogP contribution in [0.4, 0.5) is 0 Å². The fraction of sp³-hybridized carbons (Fsp3) is 0.474. The molecule has 6 nitrogen and oxygen atoms in total. The van der Waals surface area contributed by atoms with Crippen molar-refractivity contribution in [1.82, 2.24) is 20.5 Å². The topological polar surface area (TPSA) is 61.8 Å². The smallest absolute Gasteiger partial charge is 0.191 e. The van der Waals surface area contributed by atoms with Crippen molar-refractivity contribution in [2.75, 3.05) is 33.4 Å². The van der Waals surface area contributed by atoms with Crippen LogP contribution in [0.15, 0.2) is 34.8 Å². The zero-order valence-corrected chi connectivity index (χ0v) is 16.3. The van der Waals surface area contributed by atoms with Gasteiger partial charge in [-0.25, -0.2) is 4.98 Å². The van der Waals surface area contributed by atoms with Crippen molar-refractivity contribution >= 4 is 17.3 Å². The minimum Gasteiger partial charge on any atom is -0.379 e. The molecule has 0 saturated carbocycles. The predicted molar refractivity (Wildman–Crippen MR) is 106 cm³/mol. The number of hydrogen-bond acceptors (Lipinski definition) is 5. The lowest BCUT2D eigenvalue weighted by Gasteiger charge is -2.27. The number of aromatic nitrogens is 1. The molecule has 0 radical (unpaired) electrons. The molecule has 26 heavy (non-hydrogen) atoms. The highest BCUT2D eigenvalue weighted by Gasteiger charge is 2.13. The van der Waals surface area contributed by atoms with E-state index in [0.717, 1.165) is 57.6 Å². The number of nitrogens with one attached hydrogen (secondary N) is 2. The Hall–Kier alpha value is -1.96. The molecule has 0 aliphatic carbocycles. The third kappa shape index (κ3) is 5.27. The SMILES string of the molecule is CN=C(NCc1ccccc1CN1CCOCC1)NCc1scnc1C. The van der Waals surface area contributed by atoms with Crippen molar-refractivity contribution in [2.24, 2.45) is 4.99 Å². The second kappa shape index (κ2) is 9.66. The molecular weight excluding hydrogens is 346 g/mol. The summed E-state index contributed by atoms with van der Waals surface area (Å²) in [4.78, 5) is 12.3. The van der Waals surface area contributed by atoms with Crippen LogP contribution in [0.5, 0.6) is 0 Å². The number of nitrogens with zero attached hydrogens (tertiary/aromatic N) is 3. The van der Waals surface area contributed by atoms with Crippen molar-refractivity contribution in [2.45, 2.75) is 26.6 Å². The van der Waals surface area contributed by atoms with E-state index in [1.807, 2.05) is 12.4 Å². The predicted octanol–water partition coefficient (Wildman–Crippen LogP) is 2.15. The van der Waals surface area contributed by atoms with Crippen molar-refractivity contribution in [3.63, 3.8) is 0 Å². The molecule has 3 rings (SSSR count). The van der Waals surface area contributed by atoms with Crippen LogP contribution in [0.3, 0.4) is 0 Å². The highest BCUT2D eigenvalue weighted by molar-refractivity contribution is 7.09. The van der Waals surface area contributed by atoms with E-state index in [4.69, 9.17) is 4.74 Å². The molecule has 7 heteroatoms. The van der Waals surface area contributed by atoms with Crippen LogP contribution >= 0.6 is 11.3 Å². The normalized spacial score (nSPS) is 15.8. The Morgan fingerprint density at radius 3 is 2.62 bits per heavy atom. The number of ether oxygens (including phenoxy) is 1. The molecule has 1 aliphatic rings. The quantitative estimate of drug-likeness (QED) is 0.600. The maximum absolute atomic E-state index is 5.45. The highest BCUT2D eigenvalue weighted by Crippen LogP contribution is 2.13. The van der Waals surface area contributed by atoms with Gasteiger partial charge in [0.25, 0.3) is 0 Å². The number of morpholine rings is 1. The fourth-order valence-corrected chi connectivity index (χ4v) is 3.66. The second-order valence-electron chi connectivity index (χ2n) is 6.30. The molecule has 2 aromatic rings. The average Bonchev–Trinajstić information content (AvgIpc) is 3.09. The molecule has 0 spiro atoms. The molecule has 1 aromatic heterocycles. The lowest BCUT2D eigenvalue weighted by atomic mass is 10.1. The van der Waals surface area contributed by atoms with E-state index in [0.29, 0.717) is 0 Å². The van der Waals surface area contributed by atoms with Gasteiger partial charge in [0.1, 0.15) is 0 Å². The molecule has 0 unspecified atom stereocenters. The van der Waals surface area contributed by atoms with E-state index in [-0.39, 0.29) is 0 Å². The van der Waals surface area contributed by atoms with Crippen molar-refractivity contribution in [3.05, 3.63) is 51.5 Å². The summed E-state index contributed by atoms with van der Waals surface area (Å²) < 4.78 is 5.45. The molecule has 0 bridgehead atoms. The monoisotopic (exact) mass is 373 g/mol. The largest absolute Gasteiger partial charge is 0.379 e. The van der Waals surface area contributed by atoms with Crippen LogP contribution in [0.25, 0.3) is 0 Å². The fourth-order valence-electron chi connectivity index (χ4n) is 2.94. The van der Waals surface area contributed by atoms with E-state index in [1.54, 1.807) is 18.4 Å². The van der Waals surface area contributed by atoms with E-state index in [2.05, 4.69) is 49.8 Å². The van der Waals surface area contributed by atoms with Gasteiger partial charge in [-0.3, -0.25) is 9.89 Å². The number of thiazole rings is 1. The molecule has 1 saturated heterocycles. The van der Waals surface area contributed by atoms with E-state index in [1.165, 1.54) is 16.0 Å². The van der Waals surface area contributed by atoms with E-state index < -0.39 is 0 Å². The lowest BCUT2D eigenvalue weighted by molar-refractivity contribution is 0.0341. The summed E-state index contributed by atoms with van der Waals surface area (Å²) in [5.74, 6) is 0.805. The first kappa shape index (κ1) is 18.8. The van der Waals surface area contributed by atoms with E-state index in [9.17, 15) is 0 Å². The Morgan fingerprint density at radius 2 is 1.92 bits per heavy atom. The third-order valence-electron chi connectivity index (χ3n) is 4.55. The van der Waals surface area contributed by atoms with Gasteiger partial charge in [-0.2, -0.15) is 0 Å². The molecule has 2 heterocycles. The van der Waals surface area contributed by atoms with Gasteiger partial charge in [-0.15, -0.1) is 11.3 Å². The van der Waals surface area contributed by atoms with E-state index >= 15 is 0 Å². The number of hydrogen-bond donors (Lipinski definition) is 2. The Kier molecular flexibility index (Phi) is 6.99. The summed E-state index contributed by atoms with van der Waals surface area (Å²) in [6.45, 7) is 8.15. The zero-order valence-electron chi connectivity index (χ0n) is 15.5. The van der Waals surface area contributed by atoms with Gasteiger partial charge in [-0.05, 0) is 18.1 Å². The average molecular weight is 374 g/mol. The van der Waals surface area contributed by atoms with Crippen LogP contribution < -0.4 is 10.6 Å². The number of rotatable bonds is 6. The molecule has 1 aliphatic heterocycles. The Morgan fingerprint density at radius 1 is 1.19 bits per heavy atom. The minimum atomic E-state index is 0.742. The Balaban J connectivity index is 1.55. The van der Waals surface area contributed by atoms with Gasteiger partial charge in [0.2, 0.25) is 0 Å². The van der Waals surface area contributed by atoms with Crippen LogP contribution in [-0.4, -0.2) is 49.2 Å². The number of aryl methyl sites for hydroxylation is 1. The number of benzene rings is 1. The summed E-state index contributed by atoms with van der Waals surface area (Å²) in [5.41, 5.74) is 5.62. The minimum absolute atomic E-state index is 0.742.